The molecule has 1 atom stereocenters. The van der Waals surface area contributed by atoms with E-state index in [1.165, 1.54) is 0 Å². The van der Waals surface area contributed by atoms with Crippen LogP contribution >= 0.6 is 27.5 Å². The molecule has 0 amide bonds. The Bertz CT molecular complexity index is 432. The minimum absolute atomic E-state index is 0.418. The third-order valence-corrected chi connectivity index (χ3v) is 3.47. The number of carboxylic acid groups (broad SMARTS) is 1. The highest BCUT2D eigenvalue weighted by molar-refractivity contribution is 9.10. The summed E-state index contributed by atoms with van der Waals surface area (Å²) >= 11 is 9.27. The van der Waals surface area contributed by atoms with Gasteiger partial charge < -0.3 is 9.84 Å². The van der Waals surface area contributed by atoms with Gasteiger partial charge in [0, 0.05) is 4.47 Å². The van der Waals surface area contributed by atoms with Crippen molar-refractivity contribution >= 4 is 33.5 Å². The summed E-state index contributed by atoms with van der Waals surface area (Å²) in [7, 11) is 0. The SMILES string of the molecule is O=C(O)[C@H](CC1CC1)Oc1ccc(Br)cc1Cl. The second-order valence-corrected chi connectivity index (χ2v) is 5.52. The molecule has 0 radical (unpaired) electrons. The molecule has 1 saturated carbocycles. The lowest BCUT2D eigenvalue weighted by molar-refractivity contribution is -0.145. The monoisotopic (exact) mass is 318 g/mol. The minimum atomic E-state index is -0.934. The Hall–Kier alpha value is -0.740. The van der Waals surface area contributed by atoms with Crippen LogP contribution in [0.1, 0.15) is 19.3 Å². The van der Waals surface area contributed by atoms with Crippen LogP contribution in [0.5, 0.6) is 5.75 Å². The maximum Gasteiger partial charge on any atom is 0.344 e. The van der Waals surface area contributed by atoms with Crippen LogP contribution in [-0.4, -0.2) is 17.2 Å². The fraction of sp³-hybridized carbons (Fsp3) is 0.417. The predicted octanol–water partition coefficient (Wildman–Crippen LogP) is 3.73. The maximum absolute atomic E-state index is 11.1. The summed E-state index contributed by atoms with van der Waals surface area (Å²) in [6.45, 7) is 0. The zero-order chi connectivity index (χ0) is 12.4. The molecule has 0 bridgehead atoms. The molecular formula is C12H12BrClO3. The number of carboxylic acids is 1. The average Bonchev–Trinajstić information content (AvgIpc) is 3.04. The van der Waals surface area contributed by atoms with Crippen molar-refractivity contribution in [1.82, 2.24) is 0 Å². The van der Waals surface area contributed by atoms with Crippen LogP contribution in [0, 0.1) is 5.92 Å². The fourth-order valence-corrected chi connectivity index (χ4v) is 2.30. The van der Waals surface area contributed by atoms with Crippen molar-refractivity contribution in [3.8, 4) is 5.75 Å². The number of halogens is 2. The Labute approximate surface area is 113 Å². The van der Waals surface area contributed by atoms with E-state index < -0.39 is 12.1 Å². The van der Waals surface area contributed by atoms with Crippen LogP contribution in [0.15, 0.2) is 22.7 Å². The van der Waals surface area contributed by atoms with E-state index in [4.69, 9.17) is 21.4 Å². The molecule has 0 aromatic heterocycles. The smallest absolute Gasteiger partial charge is 0.344 e. The van der Waals surface area contributed by atoms with Crippen molar-refractivity contribution in [2.75, 3.05) is 0 Å². The maximum atomic E-state index is 11.1. The topological polar surface area (TPSA) is 46.5 Å². The first-order valence-electron chi connectivity index (χ1n) is 5.41. The van der Waals surface area contributed by atoms with E-state index >= 15 is 0 Å². The second-order valence-electron chi connectivity index (χ2n) is 4.20. The largest absolute Gasteiger partial charge is 0.479 e. The lowest BCUT2D eigenvalue weighted by Crippen LogP contribution is -2.27. The van der Waals surface area contributed by atoms with Gasteiger partial charge in [0.1, 0.15) is 5.75 Å². The summed E-state index contributed by atoms with van der Waals surface area (Å²) in [5, 5.41) is 9.50. The van der Waals surface area contributed by atoms with Crippen molar-refractivity contribution < 1.29 is 14.6 Å². The van der Waals surface area contributed by atoms with Crippen LogP contribution in [0.3, 0.4) is 0 Å². The summed E-state index contributed by atoms with van der Waals surface area (Å²) in [6.07, 6.45) is 1.95. The molecule has 17 heavy (non-hydrogen) atoms. The van der Waals surface area contributed by atoms with Gasteiger partial charge in [0.15, 0.2) is 6.10 Å². The summed E-state index contributed by atoms with van der Waals surface area (Å²) in [5.74, 6) is -0.0240. The van der Waals surface area contributed by atoms with E-state index in [1.54, 1.807) is 18.2 Å². The highest BCUT2D eigenvalue weighted by Crippen LogP contribution is 2.36. The molecule has 0 unspecified atom stereocenters. The number of hydrogen-bond donors (Lipinski definition) is 1. The minimum Gasteiger partial charge on any atom is -0.479 e. The Morgan fingerprint density at radius 2 is 2.29 bits per heavy atom. The molecule has 2 rings (SSSR count). The van der Waals surface area contributed by atoms with Crippen LogP contribution in [0.25, 0.3) is 0 Å². The van der Waals surface area contributed by atoms with Gasteiger partial charge in [-0.15, -0.1) is 0 Å². The zero-order valence-electron chi connectivity index (χ0n) is 9.03. The average molecular weight is 320 g/mol. The number of ether oxygens (including phenoxy) is 1. The van der Waals surface area contributed by atoms with E-state index in [2.05, 4.69) is 15.9 Å². The van der Waals surface area contributed by atoms with Gasteiger partial charge in [0.05, 0.1) is 5.02 Å². The van der Waals surface area contributed by atoms with Crippen LogP contribution in [0.4, 0.5) is 0 Å². The summed E-state index contributed by atoms with van der Waals surface area (Å²) in [5.41, 5.74) is 0. The van der Waals surface area contributed by atoms with Gasteiger partial charge in [0.25, 0.3) is 0 Å². The van der Waals surface area contributed by atoms with Crippen molar-refractivity contribution in [2.45, 2.75) is 25.4 Å². The third-order valence-electron chi connectivity index (χ3n) is 2.68. The number of hydrogen-bond acceptors (Lipinski definition) is 2. The van der Waals surface area contributed by atoms with Gasteiger partial charge in [-0.1, -0.05) is 40.4 Å². The number of carbonyl (C=O) groups is 1. The number of aliphatic carboxylic acids is 1. The Morgan fingerprint density at radius 1 is 1.59 bits per heavy atom. The van der Waals surface area contributed by atoms with Crippen LogP contribution in [0.2, 0.25) is 5.02 Å². The van der Waals surface area contributed by atoms with E-state index in [0.717, 1.165) is 17.3 Å². The van der Waals surface area contributed by atoms with Crippen LogP contribution < -0.4 is 4.74 Å². The van der Waals surface area contributed by atoms with Crippen molar-refractivity contribution in [1.29, 1.82) is 0 Å². The first-order valence-corrected chi connectivity index (χ1v) is 6.58. The predicted molar refractivity (Wildman–Crippen MR) is 68.5 cm³/mol. The van der Waals surface area contributed by atoms with Crippen molar-refractivity contribution in [3.05, 3.63) is 27.7 Å². The Kier molecular flexibility index (Phi) is 3.94. The molecule has 1 N–H and O–H groups in total. The molecule has 1 aromatic rings. The van der Waals surface area contributed by atoms with Crippen LogP contribution in [-0.2, 0) is 4.79 Å². The normalized spacial score (nSPS) is 16.6. The molecule has 5 heteroatoms. The molecule has 1 aliphatic rings. The summed E-state index contributed by atoms with van der Waals surface area (Å²) in [6, 6.07) is 5.14. The van der Waals surface area contributed by atoms with Gasteiger partial charge >= 0.3 is 5.97 Å². The molecule has 0 spiro atoms. The standard InChI is InChI=1S/C12H12BrClO3/c13-8-3-4-10(9(14)6-8)17-11(12(15)16)5-7-1-2-7/h3-4,6-7,11H,1-2,5H2,(H,15,16)/t11-/m0/s1. The quantitative estimate of drug-likeness (QED) is 0.899. The number of rotatable bonds is 5. The van der Waals surface area contributed by atoms with Gasteiger partial charge in [0.2, 0.25) is 0 Å². The highest BCUT2D eigenvalue weighted by Gasteiger charge is 2.30. The molecule has 0 saturated heterocycles. The molecule has 0 aliphatic heterocycles. The van der Waals surface area contributed by atoms with E-state index in [1.807, 2.05) is 0 Å². The van der Waals surface area contributed by atoms with Gasteiger partial charge in [-0.3, -0.25) is 0 Å². The van der Waals surface area contributed by atoms with Crippen molar-refractivity contribution in [2.24, 2.45) is 5.92 Å². The molecule has 1 fully saturated rings. The molecule has 92 valence electrons. The molecule has 1 aromatic carbocycles. The lowest BCUT2D eigenvalue weighted by Gasteiger charge is -2.15. The van der Waals surface area contributed by atoms with E-state index in [0.29, 0.717) is 23.1 Å². The van der Waals surface area contributed by atoms with E-state index in [9.17, 15) is 4.79 Å². The van der Waals surface area contributed by atoms with Crippen molar-refractivity contribution in [3.63, 3.8) is 0 Å². The summed E-state index contributed by atoms with van der Waals surface area (Å²) in [4.78, 5) is 11.1. The fourth-order valence-electron chi connectivity index (χ4n) is 1.58. The lowest BCUT2D eigenvalue weighted by atomic mass is 10.2. The first kappa shape index (κ1) is 12.7. The first-order chi connectivity index (χ1) is 8.06. The molecule has 0 heterocycles. The van der Waals surface area contributed by atoms with Gasteiger partial charge in [-0.25, -0.2) is 4.79 Å². The van der Waals surface area contributed by atoms with Gasteiger partial charge in [-0.05, 0) is 30.5 Å². The highest BCUT2D eigenvalue weighted by atomic mass is 79.9. The Balaban J connectivity index is 2.07. The Morgan fingerprint density at radius 3 is 2.82 bits per heavy atom. The zero-order valence-corrected chi connectivity index (χ0v) is 11.4. The number of benzene rings is 1. The summed E-state index contributed by atoms with van der Waals surface area (Å²) < 4.78 is 6.30. The molecular weight excluding hydrogens is 307 g/mol. The van der Waals surface area contributed by atoms with Gasteiger partial charge in [-0.2, -0.15) is 0 Å². The van der Waals surface area contributed by atoms with E-state index in [-0.39, 0.29) is 0 Å². The molecule has 1 aliphatic carbocycles. The third kappa shape index (κ3) is 3.61. The molecule has 3 nitrogen and oxygen atoms in total. The second kappa shape index (κ2) is 5.27.